The lowest BCUT2D eigenvalue weighted by Crippen LogP contribution is -2.26. The summed E-state index contributed by atoms with van der Waals surface area (Å²) in [7, 11) is 1.74. The fourth-order valence-corrected chi connectivity index (χ4v) is 4.12. The van der Waals surface area contributed by atoms with E-state index in [1.54, 1.807) is 36.3 Å². The van der Waals surface area contributed by atoms with Crippen molar-refractivity contribution in [1.29, 1.82) is 0 Å². The summed E-state index contributed by atoms with van der Waals surface area (Å²) in [5, 5.41) is 3.60. The highest BCUT2D eigenvalue weighted by atomic mass is 32.2. The minimum atomic E-state index is -0.150. The lowest BCUT2D eigenvalue weighted by Gasteiger charge is -2.17. The number of aryl methyl sites for hydroxylation is 1. The van der Waals surface area contributed by atoms with Crippen molar-refractivity contribution in [2.75, 3.05) is 11.9 Å². The summed E-state index contributed by atoms with van der Waals surface area (Å²) in [5.74, 6) is -0.255. The van der Waals surface area contributed by atoms with E-state index in [2.05, 4.69) is 10.3 Å². The Bertz CT molecular complexity index is 1060. The molecule has 2 amide bonds. The quantitative estimate of drug-likeness (QED) is 0.734. The zero-order valence-electron chi connectivity index (χ0n) is 15.6. The van der Waals surface area contributed by atoms with E-state index in [-0.39, 0.29) is 11.8 Å². The monoisotopic (exact) mass is 389 g/mol. The first-order valence-electron chi connectivity index (χ1n) is 8.91. The number of aromatic nitrogens is 1. The third kappa shape index (κ3) is 3.51. The van der Waals surface area contributed by atoms with Crippen molar-refractivity contribution < 1.29 is 9.59 Å². The maximum Gasteiger partial charge on any atom is 0.260 e. The van der Waals surface area contributed by atoms with Crippen LogP contribution in [-0.4, -0.2) is 23.8 Å². The molecule has 1 N–H and O–H groups in total. The molecule has 0 atom stereocenters. The summed E-state index contributed by atoms with van der Waals surface area (Å²) in [5.41, 5.74) is 4.12. The average Bonchev–Trinajstić information content (AvgIpc) is 2.82. The van der Waals surface area contributed by atoms with Gasteiger partial charge in [0.2, 0.25) is 0 Å². The summed E-state index contributed by atoms with van der Waals surface area (Å²) >= 11 is 1.40. The molecule has 2 aromatic carbocycles. The van der Waals surface area contributed by atoms with Crippen LogP contribution in [0, 0.1) is 6.92 Å². The molecule has 5 nitrogen and oxygen atoms in total. The maximum absolute atomic E-state index is 12.7. The van der Waals surface area contributed by atoms with Crippen LogP contribution in [-0.2, 0) is 6.54 Å². The third-order valence-electron chi connectivity index (χ3n) is 4.67. The van der Waals surface area contributed by atoms with Crippen LogP contribution < -0.4 is 10.2 Å². The van der Waals surface area contributed by atoms with E-state index in [0.717, 1.165) is 16.1 Å². The number of nitrogens with one attached hydrogen (secondary N) is 1. The summed E-state index contributed by atoms with van der Waals surface area (Å²) < 4.78 is 0. The van der Waals surface area contributed by atoms with Gasteiger partial charge in [-0.05, 0) is 42.8 Å². The van der Waals surface area contributed by atoms with Crippen molar-refractivity contribution in [3.63, 3.8) is 0 Å². The predicted molar refractivity (Wildman–Crippen MR) is 110 cm³/mol. The molecule has 0 saturated carbocycles. The van der Waals surface area contributed by atoms with E-state index in [9.17, 15) is 9.59 Å². The van der Waals surface area contributed by atoms with E-state index >= 15 is 0 Å². The first-order chi connectivity index (χ1) is 13.5. The molecule has 140 valence electrons. The van der Waals surface area contributed by atoms with Gasteiger partial charge in [0.05, 0.1) is 11.3 Å². The number of hydrogen-bond acceptors (Lipinski definition) is 4. The van der Waals surface area contributed by atoms with E-state index in [0.29, 0.717) is 22.7 Å². The topological polar surface area (TPSA) is 62.3 Å². The van der Waals surface area contributed by atoms with Crippen molar-refractivity contribution in [3.8, 4) is 0 Å². The van der Waals surface area contributed by atoms with Crippen molar-refractivity contribution >= 4 is 29.3 Å². The molecule has 1 aromatic heterocycles. The number of carbonyl (C=O) groups excluding carboxylic acids is 2. The first kappa shape index (κ1) is 18.3. The van der Waals surface area contributed by atoms with Gasteiger partial charge in [0.1, 0.15) is 5.03 Å². The van der Waals surface area contributed by atoms with Crippen molar-refractivity contribution in [2.24, 2.45) is 0 Å². The summed E-state index contributed by atoms with van der Waals surface area (Å²) in [6.07, 6.45) is 1.67. The third-order valence-corrected chi connectivity index (χ3v) is 5.74. The average molecular weight is 389 g/mol. The Kier molecular flexibility index (Phi) is 4.88. The molecule has 0 fully saturated rings. The molecule has 1 aliphatic heterocycles. The highest BCUT2D eigenvalue weighted by Gasteiger charge is 2.26. The second kappa shape index (κ2) is 7.48. The Balaban J connectivity index is 1.58. The van der Waals surface area contributed by atoms with Crippen LogP contribution >= 0.6 is 11.8 Å². The highest BCUT2D eigenvalue weighted by molar-refractivity contribution is 7.99. The Labute approximate surface area is 167 Å². The van der Waals surface area contributed by atoms with Crippen molar-refractivity contribution in [3.05, 3.63) is 83.0 Å². The number of rotatable bonds is 3. The lowest BCUT2D eigenvalue weighted by molar-refractivity contribution is 0.0949. The van der Waals surface area contributed by atoms with Crippen LogP contribution in [0.4, 0.5) is 5.69 Å². The van der Waals surface area contributed by atoms with Gasteiger partial charge in [-0.2, -0.15) is 0 Å². The molecule has 0 bridgehead atoms. The van der Waals surface area contributed by atoms with Gasteiger partial charge in [-0.25, -0.2) is 4.98 Å². The fourth-order valence-electron chi connectivity index (χ4n) is 3.03. The minimum absolute atomic E-state index is 0.106. The van der Waals surface area contributed by atoms with Gasteiger partial charge in [0.25, 0.3) is 11.8 Å². The molecule has 0 saturated heterocycles. The number of fused-ring (bicyclic) bond motifs is 2. The zero-order chi connectivity index (χ0) is 19.7. The summed E-state index contributed by atoms with van der Waals surface area (Å²) in [4.78, 5) is 32.1. The van der Waals surface area contributed by atoms with Gasteiger partial charge in [-0.3, -0.25) is 9.59 Å². The molecule has 0 aliphatic carbocycles. The Hall–Kier alpha value is -3.12. The number of anilines is 1. The number of nitrogens with zero attached hydrogens (tertiary/aromatic N) is 2. The zero-order valence-corrected chi connectivity index (χ0v) is 16.4. The molecule has 0 spiro atoms. The number of benzene rings is 2. The second-order valence-electron chi connectivity index (χ2n) is 6.67. The fraction of sp³-hybridized carbons (Fsp3) is 0.136. The van der Waals surface area contributed by atoms with Crippen molar-refractivity contribution in [1.82, 2.24) is 10.3 Å². The van der Waals surface area contributed by atoms with Crippen molar-refractivity contribution in [2.45, 2.75) is 23.4 Å². The van der Waals surface area contributed by atoms with Crippen LogP contribution in [0.25, 0.3) is 0 Å². The van der Waals surface area contributed by atoms with Gasteiger partial charge >= 0.3 is 0 Å². The van der Waals surface area contributed by atoms with Gasteiger partial charge in [-0.1, -0.05) is 41.6 Å². The molecule has 4 rings (SSSR count). The Morgan fingerprint density at radius 3 is 2.71 bits per heavy atom. The molecular weight excluding hydrogens is 370 g/mol. The van der Waals surface area contributed by atoms with E-state index in [1.165, 1.54) is 17.3 Å². The van der Waals surface area contributed by atoms with E-state index in [4.69, 9.17) is 0 Å². The van der Waals surface area contributed by atoms with Crippen LogP contribution in [0.15, 0.2) is 70.7 Å². The largest absolute Gasteiger partial charge is 0.348 e. The summed E-state index contributed by atoms with van der Waals surface area (Å²) in [6.45, 7) is 2.50. The van der Waals surface area contributed by atoms with Gasteiger partial charge in [-0.15, -0.1) is 0 Å². The maximum atomic E-state index is 12.7. The number of amides is 2. The van der Waals surface area contributed by atoms with Crippen LogP contribution in [0.2, 0.25) is 0 Å². The van der Waals surface area contributed by atoms with Gasteiger partial charge in [0.15, 0.2) is 0 Å². The van der Waals surface area contributed by atoms with Crippen LogP contribution in [0.1, 0.15) is 31.8 Å². The Morgan fingerprint density at radius 1 is 1.14 bits per heavy atom. The summed E-state index contributed by atoms with van der Waals surface area (Å²) in [6, 6.07) is 17.0. The SMILES string of the molecule is Cc1ccc(CNC(=O)c2ccc3c(c2)Sc2ncccc2C(=O)N3C)cc1. The predicted octanol–water partition coefficient (Wildman–Crippen LogP) is 4.06. The van der Waals surface area contributed by atoms with E-state index < -0.39 is 0 Å². The van der Waals surface area contributed by atoms with E-state index in [1.807, 2.05) is 43.3 Å². The molecule has 2 heterocycles. The molecular formula is C22H19N3O2S. The smallest absolute Gasteiger partial charge is 0.260 e. The standard InChI is InChI=1S/C22H19N3O2S/c1-14-5-7-15(8-6-14)13-24-20(26)16-9-10-18-19(12-16)28-21-17(4-3-11-23-21)22(27)25(18)2/h3-12H,13H2,1-2H3,(H,24,26). The minimum Gasteiger partial charge on any atom is -0.348 e. The molecule has 1 aliphatic rings. The molecule has 3 aromatic rings. The Morgan fingerprint density at radius 2 is 1.93 bits per heavy atom. The number of hydrogen-bond donors (Lipinski definition) is 1. The van der Waals surface area contributed by atoms with Gasteiger partial charge < -0.3 is 10.2 Å². The second-order valence-corrected chi connectivity index (χ2v) is 7.70. The highest BCUT2D eigenvalue weighted by Crippen LogP contribution is 2.40. The van der Waals surface area contributed by atoms with Crippen LogP contribution in [0.5, 0.6) is 0 Å². The van der Waals surface area contributed by atoms with Crippen LogP contribution in [0.3, 0.4) is 0 Å². The first-order valence-corrected chi connectivity index (χ1v) is 9.73. The molecule has 0 radical (unpaired) electrons. The molecule has 0 unspecified atom stereocenters. The molecule has 28 heavy (non-hydrogen) atoms. The number of pyridine rings is 1. The molecule has 6 heteroatoms. The number of carbonyl (C=O) groups is 2. The lowest BCUT2D eigenvalue weighted by atomic mass is 10.1. The normalized spacial score (nSPS) is 12.8. The van der Waals surface area contributed by atoms with Gasteiger partial charge in [0, 0.05) is 30.2 Å².